The Balaban J connectivity index is 2.13. The first-order chi connectivity index (χ1) is 7.18. The Hall–Kier alpha value is -1.02. The lowest BCUT2D eigenvalue weighted by atomic mass is 10.1. The Morgan fingerprint density at radius 2 is 2.13 bits per heavy atom. The van der Waals surface area contributed by atoms with Crippen LogP contribution in [0.2, 0.25) is 0 Å². The zero-order valence-corrected chi connectivity index (χ0v) is 9.71. The first kappa shape index (κ1) is 10.5. The molecule has 2 heteroatoms. The number of benzene rings is 1. The minimum absolute atomic E-state index is 0.324. The molecule has 1 N–H and O–H groups in total. The van der Waals surface area contributed by atoms with Crippen molar-refractivity contribution in [3.05, 3.63) is 29.3 Å². The van der Waals surface area contributed by atoms with E-state index in [1.807, 2.05) is 0 Å². The van der Waals surface area contributed by atoms with Gasteiger partial charge in [-0.3, -0.25) is 0 Å². The summed E-state index contributed by atoms with van der Waals surface area (Å²) in [4.78, 5) is 0. The van der Waals surface area contributed by atoms with E-state index in [1.165, 1.54) is 16.8 Å². The Morgan fingerprint density at radius 3 is 2.80 bits per heavy atom. The summed E-state index contributed by atoms with van der Waals surface area (Å²) >= 11 is 0. The second kappa shape index (κ2) is 4.23. The van der Waals surface area contributed by atoms with Gasteiger partial charge < -0.3 is 10.1 Å². The summed E-state index contributed by atoms with van der Waals surface area (Å²) in [7, 11) is 0. The molecular formula is C13H19NO. The predicted octanol–water partition coefficient (Wildman–Crippen LogP) is 2.89. The van der Waals surface area contributed by atoms with E-state index in [9.17, 15) is 0 Å². The molecule has 1 heterocycles. The molecule has 1 aliphatic rings. The predicted molar refractivity (Wildman–Crippen MR) is 63.4 cm³/mol. The van der Waals surface area contributed by atoms with E-state index in [0.29, 0.717) is 12.1 Å². The molecule has 0 spiro atoms. The van der Waals surface area contributed by atoms with E-state index in [4.69, 9.17) is 4.74 Å². The Morgan fingerprint density at radius 1 is 1.33 bits per heavy atom. The highest BCUT2D eigenvalue weighted by Gasteiger charge is 2.24. The van der Waals surface area contributed by atoms with Gasteiger partial charge in [-0.15, -0.1) is 0 Å². The van der Waals surface area contributed by atoms with Crippen LogP contribution in [0.5, 0.6) is 0 Å². The van der Waals surface area contributed by atoms with Crippen LogP contribution >= 0.6 is 0 Å². The Bertz CT molecular complexity index is 348. The molecule has 1 saturated heterocycles. The molecule has 1 aromatic rings. The highest BCUT2D eigenvalue weighted by Crippen LogP contribution is 2.23. The van der Waals surface area contributed by atoms with Crippen molar-refractivity contribution in [2.24, 2.45) is 0 Å². The van der Waals surface area contributed by atoms with Gasteiger partial charge in [0.15, 0.2) is 0 Å². The molecule has 0 bridgehead atoms. The second-order valence-corrected chi connectivity index (χ2v) is 4.36. The fourth-order valence-electron chi connectivity index (χ4n) is 2.03. The SMILES string of the molecule is Cc1cccc(N[C@@H]2CCO[C@H]2C)c1C. The van der Waals surface area contributed by atoms with Crippen LogP contribution in [-0.4, -0.2) is 18.8 Å². The van der Waals surface area contributed by atoms with Gasteiger partial charge in [-0.1, -0.05) is 12.1 Å². The number of ether oxygens (including phenoxy) is 1. The fourth-order valence-corrected chi connectivity index (χ4v) is 2.03. The largest absolute Gasteiger partial charge is 0.379 e. The van der Waals surface area contributed by atoms with Crippen molar-refractivity contribution in [3.8, 4) is 0 Å². The van der Waals surface area contributed by atoms with Gasteiger partial charge in [0.1, 0.15) is 0 Å². The van der Waals surface area contributed by atoms with Crippen LogP contribution in [0.3, 0.4) is 0 Å². The van der Waals surface area contributed by atoms with E-state index in [0.717, 1.165) is 13.0 Å². The standard InChI is InChI=1S/C13H19NO/c1-9-5-4-6-12(10(9)2)14-13-7-8-15-11(13)3/h4-6,11,13-14H,7-8H2,1-3H3/t11-,13+/m0/s1. The molecular weight excluding hydrogens is 186 g/mol. The molecule has 0 unspecified atom stereocenters. The minimum Gasteiger partial charge on any atom is -0.379 e. The first-order valence-corrected chi connectivity index (χ1v) is 5.63. The van der Waals surface area contributed by atoms with E-state index in [1.54, 1.807) is 0 Å². The summed E-state index contributed by atoms with van der Waals surface area (Å²) in [6.45, 7) is 7.33. The van der Waals surface area contributed by atoms with Crippen molar-refractivity contribution in [1.82, 2.24) is 0 Å². The van der Waals surface area contributed by atoms with Gasteiger partial charge in [0.25, 0.3) is 0 Å². The molecule has 1 aromatic carbocycles. The van der Waals surface area contributed by atoms with Crippen molar-refractivity contribution < 1.29 is 4.74 Å². The minimum atomic E-state index is 0.324. The normalized spacial score (nSPS) is 25.5. The van der Waals surface area contributed by atoms with Crippen LogP contribution in [0.1, 0.15) is 24.5 Å². The summed E-state index contributed by atoms with van der Waals surface area (Å²) in [5.41, 5.74) is 3.93. The lowest BCUT2D eigenvalue weighted by Gasteiger charge is -2.19. The molecule has 2 nitrogen and oxygen atoms in total. The van der Waals surface area contributed by atoms with Gasteiger partial charge in [0, 0.05) is 12.3 Å². The zero-order chi connectivity index (χ0) is 10.8. The molecule has 0 aliphatic carbocycles. The molecule has 2 rings (SSSR count). The van der Waals surface area contributed by atoms with Gasteiger partial charge in [0.05, 0.1) is 12.1 Å². The number of nitrogens with one attached hydrogen (secondary N) is 1. The number of anilines is 1. The molecule has 2 atom stereocenters. The summed E-state index contributed by atoms with van der Waals surface area (Å²) in [6, 6.07) is 6.86. The first-order valence-electron chi connectivity index (χ1n) is 5.63. The van der Waals surface area contributed by atoms with Gasteiger partial charge in [-0.2, -0.15) is 0 Å². The van der Waals surface area contributed by atoms with E-state index in [2.05, 4.69) is 44.3 Å². The summed E-state index contributed by atoms with van der Waals surface area (Å²) < 4.78 is 5.55. The number of hydrogen-bond donors (Lipinski definition) is 1. The van der Waals surface area contributed by atoms with Crippen molar-refractivity contribution in [2.45, 2.75) is 39.3 Å². The van der Waals surface area contributed by atoms with Crippen LogP contribution in [0.4, 0.5) is 5.69 Å². The monoisotopic (exact) mass is 205 g/mol. The van der Waals surface area contributed by atoms with Gasteiger partial charge in [-0.25, -0.2) is 0 Å². The van der Waals surface area contributed by atoms with E-state index >= 15 is 0 Å². The van der Waals surface area contributed by atoms with Crippen molar-refractivity contribution in [2.75, 3.05) is 11.9 Å². The molecule has 15 heavy (non-hydrogen) atoms. The van der Waals surface area contributed by atoms with Crippen molar-refractivity contribution in [1.29, 1.82) is 0 Å². The maximum atomic E-state index is 5.55. The lowest BCUT2D eigenvalue weighted by molar-refractivity contribution is 0.121. The average molecular weight is 205 g/mol. The third-order valence-electron chi connectivity index (χ3n) is 3.32. The summed E-state index contributed by atoms with van der Waals surface area (Å²) in [5.74, 6) is 0. The lowest BCUT2D eigenvalue weighted by Crippen LogP contribution is -2.27. The van der Waals surface area contributed by atoms with Crippen LogP contribution in [-0.2, 0) is 4.74 Å². The molecule has 0 aromatic heterocycles. The van der Waals surface area contributed by atoms with Crippen LogP contribution in [0, 0.1) is 13.8 Å². The van der Waals surface area contributed by atoms with Crippen LogP contribution < -0.4 is 5.32 Å². The quantitative estimate of drug-likeness (QED) is 0.801. The maximum absolute atomic E-state index is 5.55. The summed E-state index contributed by atoms with van der Waals surface area (Å²) in [6.07, 6.45) is 1.43. The third kappa shape index (κ3) is 2.15. The topological polar surface area (TPSA) is 21.3 Å². The van der Waals surface area contributed by atoms with Crippen molar-refractivity contribution in [3.63, 3.8) is 0 Å². The number of hydrogen-bond acceptors (Lipinski definition) is 2. The van der Waals surface area contributed by atoms with Crippen LogP contribution in [0.25, 0.3) is 0 Å². The third-order valence-corrected chi connectivity index (χ3v) is 3.32. The molecule has 0 amide bonds. The van der Waals surface area contributed by atoms with Crippen LogP contribution in [0.15, 0.2) is 18.2 Å². The fraction of sp³-hybridized carbons (Fsp3) is 0.538. The molecule has 0 saturated carbocycles. The smallest absolute Gasteiger partial charge is 0.0748 e. The number of rotatable bonds is 2. The average Bonchev–Trinajstić information content (AvgIpc) is 2.60. The van der Waals surface area contributed by atoms with Gasteiger partial charge >= 0.3 is 0 Å². The highest BCUT2D eigenvalue weighted by atomic mass is 16.5. The van der Waals surface area contributed by atoms with Gasteiger partial charge in [0.2, 0.25) is 0 Å². The maximum Gasteiger partial charge on any atom is 0.0748 e. The zero-order valence-electron chi connectivity index (χ0n) is 9.71. The molecule has 82 valence electrons. The Kier molecular flexibility index (Phi) is 2.96. The molecule has 1 aliphatic heterocycles. The molecule has 1 fully saturated rings. The number of aryl methyl sites for hydroxylation is 1. The van der Waals surface area contributed by atoms with Gasteiger partial charge in [-0.05, 0) is 44.4 Å². The summed E-state index contributed by atoms with van der Waals surface area (Å²) in [5, 5.41) is 3.57. The Labute approximate surface area is 91.6 Å². The highest BCUT2D eigenvalue weighted by molar-refractivity contribution is 5.54. The van der Waals surface area contributed by atoms with Crippen molar-refractivity contribution >= 4 is 5.69 Å². The van der Waals surface area contributed by atoms with E-state index in [-0.39, 0.29) is 0 Å². The van der Waals surface area contributed by atoms with E-state index < -0.39 is 0 Å². The molecule has 0 radical (unpaired) electrons. The second-order valence-electron chi connectivity index (χ2n) is 4.36.